The van der Waals surface area contributed by atoms with E-state index in [0.29, 0.717) is 19.6 Å². The summed E-state index contributed by atoms with van der Waals surface area (Å²) in [4.78, 5) is 60.6. The van der Waals surface area contributed by atoms with Crippen LogP contribution >= 0.6 is 0 Å². The van der Waals surface area contributed by atoms with Crippen LogP contribution in [0.3, 0.4) is 0 Å². The fraction of sp³-hybridized carbons (Fsp3) is 0.489. The van der Waals surface area contributed by atoms with Crippen LogP contribution in [-0.4, -0.2) is 86.1 Å². The highest BCUT2D eigenvalue weighted by Crippen LogP contribution is 2.44. The number of likely N-dealkylation sites (tertiary alicyclic amines) is 2. The lowest BCUT2D eigenvalue weighted by molar-refractivity contribution is -0.137. The van der Waals surface area contributed by atoms with Crippen molar-refractivity contribution in [3.63, 3.8) is 0 Å². The molecule has 13 nitrogen and oxygen atoms in total. The van der Waals surface area contributed by atoms with Gasteiger partial charge in [0.05, 0.1) is 42.1 Å². The summed E-state index contributed by atoms with van der Waals surface area (Å²) >= 11 is 0. The van der Waals surface area contributed by atoms with Gasteiger partial charge in [-0.15, -0.1) is 0 Å². The third kappa shape index (κ3) is 6.86. The summed E-state index contributed by atoms with van der Waals surface area (Å²) < 4.78 is 16.9. The van der Waals surface area contributed by atoms with Crippen LogP contribution < -0.4 is 10.1 Å². The number of benzene rings is 3. The number of nitrogens with zero attached hydrogens (tertiary/aromatic N) is 4. The number of aromatic amines is 2. The highest BCUT2D eigenvalue weighted by atomic mass is 16.5. The zero-order valence-corrected chi connectivity index (χ0v) is 34.0. The van der Waals surface area contributed by atoms with E-state index in [0.717, 1.165) is 112 Å². The normalized spacial score (nSPS) is 23.5. The molecule has 0 radical (unpaired) electrons. The van der Waals surface area contributed by atoms with Gasteiger partial charge < -0.3 is 39.3 Å². The minimum atomic E-state index is -0.705. The first kappa shape index (κ1) is 38.1. The predicted molar refractivity (Wildman–Crippen MR) is 220 cm³/mol. The average molecular weight is 788 g/mol. The Morgan fingerprint density at radius 1 is 0.931 bits per heavy atom. The Balaban J connectivity index is 0.957. The molecule has 3 unspecified atom stereocenters. The summed E-state index contributed by atoms with van der Waals surface area (Å²) in [5.41, 5.74) is 6.90. The van der Waals surface area contributed by atoms with E-state index >= 15 is 0 Å². The lowest BCUT2D eigenvalue weighted by Gasteiger charge is -2.32. The molecule has 2 aromatic heterocycles. The van der Waals surface area contributed by atoms with Crippen LogP contribution in [-0.2, 0) is 25.7 Å². The van der Waals surface area contributed by atoms with Gasteiger partial charge >= 0.3 is 6.09 Å². The van der Waals surface area contributed by atoms with Crippen molar-refractivity contribution >= 4 is 39.7 Å². The van der Waals surface area contributed by atoms with Crippen LogP contribution in [0.2, 0.25) is 0 Å². The largest absolute Gasteiger partial charge is 0.488 e. The van der Waals surface area contributed by atoms with Gasteiger partial charge in [0, 0.05) is 42.7 Å². The van der Waals surface area contributed by atoms with Crippen LogP contribution in [0.25, 0.3) is 44.2 Å². The molecule has 6 atom stereocenters. The third-order valence-corrected chi connectivity index (χ3v) is 12.9. The second-order valence-electron chi connectivity index (χ2n) is 17.1. The maximum atomic E-state index is 13.9. The molecule has 3 amide bonds. The van der Waals surface area contributed by atoms with Crippen LogP contribution in [0, 0.1) is 11.8 Å². The summed E-state index contributed by atoms with van der Waals surface area (Å²) in [5, 5.41) is 4.82. The highest BCUT2D eigenvalue weighted by Gasteiger charge is 2.42. The third-order valence-electron chi connectivity index (χ3n) is 12.9. The average Bonchev–Trinajstić information content (AvgIpc) is 4.04. The van der Waals surface area contributed by atoms with Crippen LogP contribution in [0.1, 0.15) is 102 Å². The number of rotatable bonds is 8. The molecule has 13 heteroatoms. The van der Waals surface area contributed by atoms with Crippen molar-refractivity contribution < 1.29 is 28.6 Å². The molecule has 0 spiro atoms. The molecular weight excluding hydrogens is 735 g/mol. The second kappa shape index (κ2) is 15.4. The molecule has 3 N–H and O–H groups in total. The SMILES string of the molecule is COC(=O)NC(C(=O)N1[C@@H](C)CC[C@H]1c1ncc(-c2ccc3c(c2)COc2cc4c(ccc5[nH]c(C6CC[C@H](C)N6C(=O)CC6CCCOC6)nc54)cc2-3)[nH]1)C(C)C. The number of alkyl carbamates (subject to hydrolysis) is 1. The predicted octanol–water partition coefficient (Wildman–Crippen LogP) is 7.97. The van der Waals surface area contributed by atoms with Gasteiger partial charge in [-0.25, -0.2) is 14.8 Å². The van der Waals surface area contributed by atoms with Gasteiger partial charge in [-0.2, -0.15) is 0 Å². The molecule has 6 heterocycles. The lowest BCUT2D eigenvalue weighted by atomic mass is 9.92. The van der Waals surface area contributed by atoms with Crippen molar-refractivity contribution in [2.75, 3.05) is 20.3 Å². The van der Waals surface area contributed by atoms with Crippen LogP contribution in [0.5, 0.6) is 5.75 Å². The number of hydrogen-bond donors (Lipinski definition) is 3. The van der Waals surface area contributed by atoms with Gasteiger partial charge in [-0.3, -0.25) is 9.59 Å². The number of carbonyl (C=O) groups is 3. The van der Waals surface area contributed by atoms with E-state index in [1.54, 1.807) is 0 Å². The van der Waals surface area contributed by atoms with Gasteiger partial charge in [0.2, 0.25) is 11.8 Å². The van der Waals surface area contributed by atoms with E-state index in [4.69, 9.17) is 24.2 Å². The summed E-state index contributed by atoms with van der Waals surface area (Å²) in [5.74, 6) is 2.61. The molecule has 304 valence electrons. The molecule has 58 heavy (non-hydrogen) atoms. The molecule has 3 aromatic carbocycles. The van der Waals surface area contributed by atoms with Crippen molar-refractivity contribution in [2.45, 2.75) is 109 Å². The molecule has 3 fully saturated rings. The Labute approximate surface area is 338 Å². The van der Waals surface area contributed by atoms with E-state index < -0.39 is 12.1 Å². The van der Waals surface area contributed by atoms with Gasteiger partial charge in [0.15, 0.2) is 0 Å². The molecule has 9 rings (SSSR count). The maximum Gasteiger partial charge on any atom is 0.407 e. The minimum Gasteiger partial charge on any atom is -0.488 e. The number of H-pyrrole nitrogens is 2. The Morgan fingerprint density at radius 2 is 1.72 bits per heavy atom. The number of nitrogens with one attached hydrogen (secondary N) is 3. The molecular formula is C45H53N7O6. The summed E-state index contributed by atoms with van der Waals surface area (Å²) in [6.45, 7) is 9.90. The summed E-state index contributed by atoms with van der Waals surface area (Å²) in [6, 6.07) is 14.1. The first-order chi connectivity index (χ1) is 28.1. The molecule has 4 aliphatic rings. The molecule has 0 bridgehead atoms. The molecule has 0 saturated carbocycles. The number of ether oxygens (including phenoxy) is 3. The van der Waals surface area contributed by atoms with Crippen molar-refractivity contribution in [1.29, 1.82) is 0 Å². The fourth-order valence-corrected chi connectivity index (χ4v) is 9.76. The van der Waals surface area contributed by atoms with E-state index in [-0.39, 0.29) is 47.8 Å². The van der Waals surface area contributed by atoms with Crippen molar-refractivity contribution in [3.8, 4) is 28.1 Å². The van der Waals surface area contributed by atoms with E-state index in [9.17, 15) is 14.4 Å². The summed E-state index contributed by atoms with van der Waals surface area (Å²) in [6.07, 6.45) is 7.24. The van der Waals surface area contributed by atoms with E-state index in [1.165, 1.54) is 7.11 Å². The Kier molecular flexibility index (Phi) is 10.1. The molecule has 4 aliphatic heterocycles. The number of methoxy groups -OCH3 is 1. The van der Waals surface area contributed by atoms with Crippen molar-refractivity contribution in [1.82, 2.24) is 35.1 Å². The number of imidazole rings is 2. The standard InChI is InChI=1S/C45H53N7O6/c1-24(2)40(50-45(55)56-5)44(54)52-26(4)9-14-36(52)42-46-21-35(48-42)29-10-12-31-30(18-29)23-58-38-20-32-28(19-33(31)38)11-13-34-41(32)49-43(47-34)37-15-8-25(3)51(37)39(53)17-27-7-6-16-57-22-27/h10-13,18-21,24-27,36-37,40H,6-9,14-17,22-23H2,1-5H3,(H,46,48)(H,47,49)(H,50,55)/t25-,26-,27?,36-,37?,40?/m0/s1. The second-order valence-corrected chi connectivity index (χ2v) is 17.1. The summed E-state index contributed by atoms with van der Waals surface area (Å²) in [7, 11) is 1.30. The van der Waals surface area contributed by atoms with Gasteiger partial charge in [0.25, 0.3) is 0 Å². The van der Waals surface area contributed by atoms with Crippen LogP contribution in [0.4, 0.5) is 4.79 Å². The molecule has 5 aromatic rings. The van der Waals surface area contributed by atoms with Crippen molar-refractivity contribution in [3.05, 3.63) is 65.9 Å². The number of fused-ring (bicyclic) bond motifs is 6. The van der Waals surface area contributed by atoms with Crippen LogP contribution in [0.15, 0.2) is 48.7 Å². The fourth-order valence-electron chi connectivity index (χ4n) is 9.76. The zero-order valence-electron chi connectivity index (χ0n) is 34.0. The number of amides is 3. The quantitative estimate of drug-likeness (QED) is 0.143. The maximum absolute atomic E-state index is 13.9. The Hall–Kier alpha value is -5.43. The molecule has 3 saturated heterocycles. The first-order valence-corrected chi connectivity index (χ1v) is 20.9. The van der Waals surface area contributed by atoms with E-state index in [1.807, 2.05) is 31.9 Å². The van der Waals surface area contributed by atoms with Crippen molar-refractivity contribution in [2.24, 2.45) is 11.8 Å². The topological polar surface area (TPSA) is 155 Å². The van der Waals surface area contributed by atoms with E-state index in [2.05, 4.69) is 69.6 Å². The monoisotopic (exact) mass is 787 g/mol. The minimum absolute atomic E-state index is 0.000876. The highest BCUT2D eigenvalue weighted by molar-refractivity contribution is 6.07. The number of carbonyl (C=O) groups excluding carboxylic acids is 3. The van der Waals surface area contributed by atoms with Gasteiger partial charge in [-0.1, -0.05) is 32.0 Å². The Bertz CT molecular complexity index is 2380. The smallest absolute Gasteiger partial charge is 0.407 e. The Morgan fingerprint density at radius 3 is 2.48 bits per heavy atom. The molecule has 0 aliphatic carbocycles. The lowest BCUT2D eigenvalue weighted by Crippen LogP contribution is -2.52. The number of hydrogen-bond acceptors (Lipinski definition) is 8. The van der Waals surface area contributed by atoms with Gasteiger partial charge in [0.1, 0.15) is 30.0 Å². The van der Waals surface area contributed by atoms with Gasteiger partial charge in [-0.05, 0) is 111 Å². The number of aromatic nitrogens is 4. The first-order valence-electron chi connectivity index (χ1n) is 20.9. The zero-order chi connectivity index (χ0) is 40.2.